The fraction of sp³-hybridized carbons (Fsp3) is 0.250. The summed E-state index contributed by atoms with van der Waals surface area (Å²) in [5.74, 6) is -0.274. The molecule has 126 valence electrons. The lowest BCUT2D eigenvalue weighted by Crippen LogP contribution is -2.10. The van der Waals surface area contributed by atoms with E-state index in [2.05, 4.69) is 32.0 Å². The zero-order valence-corrected chi connectivity index (χ0v) is 17.5. The highest BCUT2D eigenvalue weighted by Gasteiger charge is 2.20. The van der Waals surface area contributed by atoms with Gasteiger partial charge in [-0.05, 0) is 30.7 Å². The Morgan fingerprint density at radius 3 is 2.67 bits per heavy atom. The second-order valence-corrected chi connectivity index (χ2v) is 7.67. The Labute approximate surface area is 162 Å². The minimum absolute atomic E-state index is 0.119. The van der Waals surface area contributed by atoms with Gasteiger partial charge in [0, 0.05) is 67.9 Å². The Kier molecular flexibility index (Phi) is 6.48. The Bertz CT molecular complexity index is 852. The number of rotatable bonds is 6. The van der Waals surface area contributed by atoms with Crippen molar-refractivity contribution in [1.29, 1.82) is 5.26 Å². The lowest BCUT2D eigenvalue weighted by molar-refractivity contribution is 0.103. The van der Waals surface area contributed by atoms with Crippen LogP contribution in [0.4, 0.5) is 5.69 Å². The molecule has 5 nitrogen and oxygen atoms in total. The van der Waals surface area contributed by atoms with Gasteiger partial charge in [-0.15, -0.1) is 0 Å². The van der Waals surface area contributed by atoms with Gasteiger partial charge >= 0.3 is 0 Å². The molecule has 0 fully saturated rings. The maximum absolute atomic E-state index is 12.8. The summed E-state index contributed by atoms with van der Waals surface area (Å²) >= 11 is 3.68. The van der Waals surface area contributed by atoms with Crippen molar-refractivity contribution in [3.8, 4) is 6.07 Å². The first-order valence-electron chi connectivity index (χ1n) is 7.00. The number of nitrogens with zero attached hydrogens (tertiary/aromatic N) is 3. The first-order valence-corrected chi connectivity index (χ1v) is 11.5. The zero-order chi connectivity index (χ0) is 17.9. The third kappa shape index (κ3) is 3.84. The molecular weight excluding hydrogens is 455 g/mol. The molecule has 2 rings (SSSR count). The lowest BCUT2D eigenvalue weighted by atomic mass is 10.1. The highest BCUT2D eigenvalue weighted by molar-refractivity contribution is 14.2. The van der Waals surface area contributed by atoms with Crippen molar-refractivity contribution >= 4 is 64.6 Å². The smallest absolute Gasteiger partial charge is 0.222 e. The van der Waals surface area contributed by atoms with Gasteiger partial charge in [0.05, 0.1) is 5.52 Å². The van der Waals surface area contributed by atoms with Gasteiger partial charge in [0.25, 0.3) is 0 Å². The number of hydrogen-bond acceptors (Lipinski definition) is 6. The Hall–Kier alpha value is -1.31. The van der Waals surface area contributed by atoms with Crippen LogP contribution in [0.5, 0.6) is 0 Å². The first kappa shape index (κ1) is 19.0. The van der Waals surface area contributed by atoms with E-state index in [1.165, 1.54) is 21.1 Å². The van der Waals surface area contributed by atoms with Gasteiger partial charge in [-0.25, -0.2) is 0 Å². The van der Waals surface area contributed by atoms with Crippen LogP contribution >= 0.6 is 42.3 Å². The van der Waals surface area contributed by atoms with Crippen molar-refractivity contribution in [1.82, 2.24) is 8.87 Å². The van der Waals surface area contributed by atoms with E-state index in [1.807, 2.05) is 35.4 Å². The molecule has 0 atom stereocenters. The Morgan fingerprint density at radius 2 is 2.12 bits per heavy atom. The molecule has 0 radical (unpaired) electrons. The number of fused-ring (bicyclic) bond motifs is 1. The third-order valence-corrected chi connectivity index (χ3v) is 5.51. The normalized spacial score (nSPS) is 11.4. The van der Waals surface area contributed by atoms with Crippen LogP contribution < -0.4 is 4.72 Å². The molecule has 0 aliphatic rings. The Balaban J connectivity index is 2.63. The van der Waals surface area contributed by atoms with Crippen molar-refractivity contribution in [2.45, 2.75) is 6.92 Å². The van der Waals surface area contributed by atoms with Crippen LogP contribution in [-0.4, -0.2) is 35.0 Å². The second-order valence-electron chi connectivity index (χ2n) is 5.37. The number of aromatic nitrogens is 1. The van der Waals surface area contributed by atoms with E-state index >= 15 is 0 Å². The summed E-state index contributed by atoms with van der Waals surface area (Å²) in [5, 5.41) is 10.3. The molecule has 24 heavy (non-hydrogen) atoms. The quantitative estimate of drug-likeness (QED) is 0.217. The molecule has 0 unspecified atom stereocenters. The maximum Gasteiger partial charge on any atom is 0.222 e. The SMILES string of the molecule is CSNc1cc2cc(C(=O)/C(C#N)=C/N(C)C)n(SI)c2cc1C. The molecule has 1 aromatic heterocycles. The number of nitriles is 1. The van der Waals surface area contributed by atoms with Gasteiger partial charge in [0.15, 0.2) is 0 Å². The van der Waals surface area contributed by atoms with Crippen molar-refractivity contribution in [2.75, 3.05) is 25.1 Å². The largest absolute Gasteiger partial charge is 0.382 e. The number of carbonyl (C=O) groups is 1. The zero-order valence-electron chi connectivity index (χ0n) is 13.8. The predicted octanol–water partition coefficient (Wildman–Crippen LogP) is 4.64. The van der Waals surface area contributed by atoms with Crippen LogP contribution in [0.25, 0.3) is 10.9 Å². The van der Waals surface area contributed by atoms with E-state index in [0.717, 1.165) is 22.2 Å². The topological polar surface area (TPSA) is 61.1 Å². The lowest BCUT2D eigenvalue weighted by Gasteiger charge is -2.09. The van der Waals surface area contributed by atoms with Crippen LogP contribution in [0, 0.1) is 18.3 Å². The summed E-state index contributed by atoms with van der Waals surface area (Å²) in [6.07, 6.45) is 3.52. The van der Waals surface area contributed by atoms with E-state index in [-0.39, 0.29) is 11.4 Å². The van der Waals surface area contributed by atoms with Crippen LogP contribution in [0.2, 0.25) is 0 Å². The molecule has 0 spiro atoms. The van der Waals surface area contributed by atoms with Crippen molar-refractivity contribution in [2.24, 2.45) is 0 Å². The number of anilines is 1. The second kappa shape index (κ2) is 8.18. The fourth-order valence-electron chi connectivity index (χ4n) is 2.32. The van der Waals surface area contributed by atoms with Gasteiger partial charge in [0.1, 0.15) is 17.3 Å². The van der Waals surface area contributed by atoms with Crippen molar-refractivity contribution < 1.29 is 4.79 Å². The van der Waals surface area contributed by atoms with Crippen molar-refractivity contribution in [3.05, 3.63) is 41.2 Å². The number of hydrogen-bond donors (Lipinski definition) is 1. The summed E-state index contributed by atoms with van der Waals surface area (Å²) in [7, 11) is 5.00. The fourth-order valence-corrected chi connectivity index (χ4v) is 4.48. The number of allylic oxidation sites excluding steroid dienone is 1. The number of halogens is 1. The maximum atomic E-state index is 12.8. The van der Waals surface area contributed by atoms with Gasteiger partial charge in [-0.3, -0.25) is 8.77 Å². The highest BCUT2D eigenvalue weighted by atomic mass is 127. The van der Waals surface area contributed by atoms with Gasteiger partial charge in [0.2, 0.25) is 5.78 Å². The number of nitrogens with one attached hydrogen (secondary N) is 1. The van der Waals surface area contributed by atoms with Gasteiger partial charge in [-0.2, -0.15) is 5.26 Å². The molecule has 2 aromatic rings. The average molecular weight is 472 g/mol. The van der Waals surface area contributed by atoms with E-state index in [0.29, 0.717) is 5.69 Å². The molecule has 8 heteroatoms. The monoisotopic (exact) mass is 472 g/mol. The summed E-state index contributed by atoms with van der Waals surface area (Å²) in [4.78, 5) is 14.5. The predicted molar refractivity (Wildman–Crippen MR) is 113 cm³/mol. The molecule has 0 aliphatic carbocycles. The van der Waals surface area contributed by atoms with Crippen LogP contribution in [0.1, 0.15) is 16.1 Å². The minimum atomic E-state index is -0.274. The van der Waals surface area contributed by atoms with Crippen LogP contribution in [-0.2, 0) is 0 Å². The van der Waals surface area contributed by atoms with E-state index in [9.17, 15) is 10.1 Å². The molecule has 0 amide bonds. The number of Topliss-reactive ketones (excluding diaryl/α,β-unsaturated/α-hetero) is 1. The Morgan fingerprint density at radius 1 is 1.42 bits per heavy atom. The number of aryl methyl sites for hydroxylation is 1. The molecule has 1 aromatic carbocycles. The highest BCUT2D eigenvalue weighted by Crippen LogP contribution is 2.33. The summed E-state index contributed by atoms with van der Waals surface area (Å²) in [5.41, 5.74) is 3.71. The van der Waals surface area contributed by atoms with Gasteiger partial charge < -0.3 is 9.62 Å². The van der Waals surface area contributed by atoms with Gasteiger partial charge in [-0.1, -0.05) is 11.9 Å². The van der Waals surface area contributed by atoms with E-state index in [1.54, 1.807) is 25.2 Å². The first-order chi connectivity index (χ1) is 11.4. The molecule has 1 N–H and O–H groups in total. The number of benzene rings is 1. The summed E-state index contributed by atoms with van der Waals surface area (Å²) in [6.45, 7) is 2.03. The minimum Gasteiger partial charge on any atom is -0.382 e. The molecule has 0 bridgehead atoms. The summed E-state index contributed by atoms with van der Waals surface area (Å²) in [6, 6.07) is 7.93. The number of ketones is 1. The average Bonchev–Trinajstić information content (AvgIpc) is 2.89. The van der Waals surface area contributed by atoms with Crippen LogP contribution in [0.3, 0.4) is 0 Å². The standard InChI is InChI=1S/C16H17IN4OS2/c1-10-5-14-11(6-13(10)19-23-4)7-15(21(14)24-17)16(22)12(8-18)9-20(2)3/h5-7,9,19H,1-4H3/b12-9+. The molecule has 0 saturated heterocycles. The molecular formula is C16H17IN4OS2. The molecule has 0 saturated carbocycles. The van der Waals surface area contributed by atoms with E-state index in [4.69, 9.17) is 0 Å². The van der Waals surface area contributed by atoms with E-state index < -0.39 is 0 Å². The number of carbonyl (C=O) groups excluding carboxylic acids is 1. The van der Waals surface area contributed by atoms with Crippen molar-refractivity contribution in [3.63, 3.8) is 0 Å². The molecule has 1 heterocycles. The third-order valence-electron chi connectivity index (χ3n) is 3.37. The molecule has 0 aliphatic heterocycles. The van der Waals surface area contributed by atoms with Crippen LogP contribution in [0.15, 0.2) is 30.0 Å². The summed E-state index contributed by atoms with van der Waals surface area (Å²) < 4.78 is 5.12.